The van der Waals surface area contributed by atoms with E-state index in [0.717, 1.165) is 6.42 Å². The van der Waals surface area contributed by atoms with Crippen molar-refractivity contribution in [3.63, 3.8) is 0 Å². The topological polar surface area (TPSA) is 208 Å². The minimum absolute atomic E-state index is 0.165. The summed E-state index contributed by atoms with van der Waals surface area (Å²) >= 11 is 0. The SMILES string of the molecule is C#CCCCOCCOCCOCCOCCNC(=O)CO[C@@H]([C@@H]1OC(C(=O)O)=C[C@H](N=C(C)NC(=O)OC(C)(C)C)[C@H]1C)[C@H]1COC(=O)O1. The molecule has 5 atom stereocenters. The van der Waals surface area contributed by atoms with Gasteiger partial charge in [-0.15, -0.1) is 12.3 Å². The van der Waals surface area contributed by atoms with Gasteiger partial charge in [0.15, 0.2) is 6.10 Å². The van der Waals surface area contributed by atoms with E-state index in [0.29, 0.717) is 52.7 Å². The molecule has 0 spiro atoms. The van der Waals surface area contributed by atoms with Crippen molar-refractivity contribution in [3.05, 3.63) is 11.8 Å². The molecule has 3 N–H and O–H groups in total. The first-order chi connectivity index (χ1) is 23.8. The van der Waals surface area contributed by atoms with E-state index in [1.165, 1.54) is 13.0 Å². The van der Waals surface area contributed by atoms with Crippen LogP contribution < -0.4 is 10.6 Å². The summed E-state index contributed by atoms with van der Waals surface area (Å²) in [7, 11) is 0. The first-order valence-corrected chi connectivity index (χ1v) is 16.4. The van der Waals surface area contributed by atoms with Gasteiger partial charge in [0.2, 0.25) is 11.7 Å². The van der Waals surface area contributed by atoms with Crippen LogP contribution in [0.1, 0.15) is 47.5 Å². The Morgan fingerprint density at radius 1 is 1.04 bits per heavy atom. The van der Waals surface area contributed by atoms with Crippen LogP contribution >= 0.6 is 0 Å². The van der Waals surface area contributed by atoms with E-state index in [4.69, 9.17) is 49.1 Å². The van der Waals surface area contributed by atoms with E-state index in [1.807, 2.05) is 0 Å². The lowest BCUT2D eigenvalue weighted by atomic mass is 9.87. The summed E-state index contributed by atoms with van der Waals surface area (Å²) < 4.78 is 48.8. The lowest BCUT2D eigenvalue weighted by Gasteiger charge is -2.38. The molecule has 0 unspecified atom stereocenters. The number of rotatable bonds is 22. The average Bonchev–Trinajstić information content (AvgIpc) is 3.46. The van der Waals surface area contributed by atoms with Crippen LogP contribution in [-0.2, 0) is 52.2 Å². The van der Waals surface area contributed by atoms with Gasteiger partial charge in [0, 0.05) is 25.5 Å². The van der Waals surface area contributed by atoms with E-state index < -0.39 is 72.4 Å². The van der Waals surface area contributed by atoms with Crippen molar-refractivity contribution < 1.29 is 66.9 Å². The van der Waals surface area contributed by atoms with Gasteiger partial charge in [-0.05, 0) is 40.2 Å². The normalized spacial score (nSPS) is 21.2. The number of hydrogen-bond donors (Lipinski definition) is 3. The van der Waals surface area contributed by atoms with E-state index in [9.17, 15) is 24.3 Å². The molecule has 17 heteroatoms. The van der Waals surface area contributed by atoms with Gasteiger partial charge < -0.3 is 53.1 Å². The Bertz CT molecular complexity index is 1200. The van der Waals surface area contributed by atoms with Crippen LogP contribution in [0.5, 0.6) is 0 Å². The van der Waals surface area contributed by atoms with Crippen molar-refractivity contribution in [2.24, 2.45) is 10.9 Å². The number of ether oxygens (including phenoxy) is 9. The fourth-order valence-electron chi connectivity index (χ4n) is 4.59. The third-order valence-corrected chi connectivity index (χ3v) is 6.88. The second-order valence-corrected chi connectivity index (χ2v) is 12.2. The molecule has 0 aromatic carbocycles. The minimum Gasteiger partial charge on any atom is -0.480 e. The molecule has 0 aromatic heterocycles. The number of nitrogens with zero attached hydrogens (tertiary/aromatic N) is 1. The molecule has 0 radical (unpaired) electrons. The number of terminal acetylenes is 1. The summed E-state index contributed by atoms with van der Waals surface area (Å²) in [4.78, 5) is 53.1. The number of carboxylic acids is 1. The van der Waals surface area contributed by atoms with Crippen molar-refractivity contribution >= 4 is 30.0 Å². The number of hydrogen-bond acceptors (Lipinski definition) is 14. The summed E-state index contributed by atoms with van der Waals surface area (Å²) in [5.74, 6) is -0.157. The van der Waals surface area contributed by atoms with E-state index in [1.54, 1.807) is 27.7 Å². The fraction of sp³-hybridized carbons (Fsp3) is 0.727. The molecule has 2 heterocycles. The highest BCUT2D eigenvalue weighted by Crippen LogP contribution is 2.32. The number of cyclic esters (lactones) is 2. The van der Waals surface area contributed by atoms with Gasteiger partial charge in [0.05, 0.1) is 52.3 Å². The molecule has 0 aliphatic carbocycles. The standard InChI is InChI=1S/C33H51N3O14/c1-7-8-9-11-42-13-15-44-17-18-45-16-14-43-12-10-34-27(37)21-46-29(26-20-47-32(41)49-26)28-22(2)24(19-25(48-28)30(38)39)35-23(3)36-31(40)50-33(4,5)6/h1,19,22,24,26,28-29H,8-18,20-21H2,2-6H3,(H,34,37)(H,38,39)(H,35,36,40)/t22-,24+,26-,28-,29-/m1/s1. The number of amidine groups is 1. The Hall–Kier alpha value is -3.95. The number of aliphatic imine (C=N–C) groups is 1. The molecule has 2 rings (SSSR count). The van der Waals surface area contributed by atoms with Crippen molar-refractivity contribution in [1.29, 1.82) is 0 Å². The molecule has 2 aliphatic heterocycles. The molecule has 1 saturated heterocycles. The number of aliphatic carboxylic acids is 1. The van der Waals surface area contributed by atoms with Crippen LogP contribution in [0, 0.1) is 18.3 Å². The number of carboxylic acid groups (broad SMARTS) is 1. The molecule has 2 amide bonds. The number of nitrogens with one attached hydrogen (secondary N) is 2. The van der Waals surface area contributed by atoms with Crippen LogP contribution in [0.15, 0.2) is 16.8 Å². The van der Waals surface area contributed by atoms with Crippen molar-refractivity contribution in [2.45, 2.75) is 77.4 Å². The average molecular weight is 714 g/mol. The van der Waals surface area contributed by atoms with Crippen molar-refractivity contribution in [2.75, 3.05) is 72.6 Å². The maximum Gasteiger partial charge on any atom is 0.508 e. The van der Waals surface area contributed by atoms with Gasteiger partial charge in [-0.1, -0.05) is 6.92 Å². The lowest BCUT2D eigenvalue weighted by Crippen LogP contribution is -2.51. The summed E-state index contributed by atoms with van der Waals surface area (Å²) in [6.45, 7) is 11.2. The zero-order valence-electron chi connectivity index (χ0n) is 29.4. The summed E-state index contributed by atoms with van der Waals surface area (Å²) in [6.07, 6.45) is 3.15. The molecule has 0 saturated carbocycles. The van der Waals surface area contributed by atoms with Gasteiger partial charge in [-0.25, -0.2) is 14.4 Å². The Balaban J connectivity index is 1.82. The van der Waals surface area contributed by atoms with Gasteiger partial charge >= 0.3 is 18.2 Å². The van der Waals surface area contributed by atoms with Crippen LogP contribution in [0.4, 0.5) is 9.59 Å². The number of amides is 2. The van der Waals surface area contributed by atoms with E-state index in [2.05, 4.69) is 21.5 Å². The predicted molar refractivity (Wildman–Crippen MR) is 176 cm³/mol. The van der Waals surface area contributed by atoms with Crippen LogP contribution in [0.2, 0.25) is 0 Å². The third kappa shape index (κ3) is 17.1. The quantitative estimate of drug-likeness (QED) is 0.0481. The third-order valence-electron chi connectivity index (χ3n) is 6.88. The maximum atomic E-state index is 12.6. The molecule has 50 heavy (non-hydrogen) atoms. The van der Waals surface area contributed by atoms with Gasteiger partial charge in [0.25, 0.3) is 0 Å². The smallest absolute Gasteiger partial charge is 0.480 e. The minimum atomic E-state index is -1.37. The van der Waals surface area contributed by atoms with Crippen LogP contribution in [0.25, 0.3) is 0 Å². The van der Waals surface area contributed by atoms with Crippen LogP contribution in [-0.4, -0.2) is 138 Å². The highest BCUT2D eigenvalue weighted by atomic mass is 16.8. The first-order valence-electron chi connectivity index (χ1n) is 16.4. The molecular weight excluding hydrogens is 662 g/mol. The van der Waals surface area contributed by atoms with Gasteiger partial charge in [-0.2, -0.15) is 0 Å². The number of carbonyl (C=O) groups excluding carboxylic acids is 3. The highest BCUT2D eigenvalue weighted by Gasteiger charge is 2.46. The van der Waals surface area contributed by atoms with E-state index >= 15 is 0 Å². The summed E-state index contributed by atoms with van der Waals surface area (Å²) in [5, 5.41) is 14.9. The zero-order chi connectivity index (χ0) is 36.9. The summed E-state index contributed by atoms with van der Waals surface area (Å²) in [5.41, 5.74) is -0.743. The maximum absolute atomic E-state index is 12.6. The van der Waals surface area contributed by atoms with Crippen molar-refractivity contribution in [3.8, 4) is 12.3 Å². The molecule has 1 fully saturated rings. The molecule has 282 valence electrons. The fourth-order valence-corrected chi connectivity index (χ4v) is 4.59. The molecule has 0 aromatic rings. The largest absolute Gasteiger partial charge is 0.508 e. The lowest BCUT2D eigenvalue weighted by molar-refractivity contribution is -0.154. The van der Waals surface area contributed by atoms with Crippen molar-refractivity contribution in [1.82, 2.24) is 10.6 Å². The summed E-state index contributed by atoms with van der Waals surface area (Å²) in [6, 6.07) is -0.809. The van der Waals surface area contributed by atoms with Gasteiger partial charge in [-0.3, -0.25) is 15.1 Å². The Kier molecular flexibility index (Phi) is 19.2. The number of alkyl carbamates (subject to hydrolysis) is 1. The van der Waals surface area contributed by atoms with Crippen LogP contribution in [0.3, 0.4) is 0 Å². The number of carbonyl (C=O) groups is 4. The molecular formula is C33H51N3O14. The molecule has 0 bridgehead atoms. The van der Waals surface area contributed by atoms with Gasteiger partial charge in [0.1, 0.15) is 36.9 Å². The Labute approximate surface area is 292 Å². The molecule has 2 aliphatic rings. The molecule has 17 nitrogen and oxygen atoms in total. The second kappa shape index (κ2) is 22.7. The number of unbranched alkanes of at least 4 members (excludes halogenated alkanes) is 1. The first kappa shape index (κ1) is 42.2. The monoisotopic (exact) mass is 713 g/mol. The highest BCUT2D eigenvalue weighted by molar-refractivity contribution is 5.94. The Morgan fingerprint density at radius 3 is 2.22 bits per heavy atom. The zero-order valence-corrected chi connectivity index (χ0v) is 29.4. The Morgan fingerprint density at radius 2 is 1.66 bits per heavy atom. The second-order valence-electron chi connectivity index (χ2n) is 12.2. The van der Waals surface area contributed by atoms with E-state index in [-0.39, 0.29) is 25.6 Å². The predicted octanol–water partition coefficient (Wildman–Crippen LogP) is 1.82.